The van der Waals surface area contributed by atoms with Crippen LogP contribution in [0.2, 0.25) is 5.02 Å². The van der Waals surface area contributed by atoms with Gasteiger partial charge in [0.05, 0.1) is 10.4 Å². The van der Waals surface area contributed by atoms with E-state index in [0.29, 0.717) is 33.0 Å². The largest absolute Gasteiger partial charge is 0.318 e. The fourth-order valence-corrected chi connectivity index (χ4v) is 3.95. The van der Waals surface area contributed by atoms with Gasteiger partial charge in [-0.1, -0.05) is 66.3 Å². The Balaban J connectivity index is 1.98. The van der Waals surface area contributed by atoms with Crippen LogP contribution in [0.25, 0.3) is 0 Å². The number of thiocarbonyl (C=S) groups is 1. The average molecular weight is 352 g/mol. The van der Waals surface area contributed by atoms with E-state index in [2.05, 4.69) is 0 Å². The van der Waals surface area contributed by atoms with Gasteiger partial charge in [-0.2, -0.15) is 0 Å². The quantitative estimate of drug-likeness (QED) is 0.664. The summed E-state index contributed by atoms with van der Waals surface area (Å²) in [6.45, 7) is 0. The number of nitrogens with two attached hydrogens (primary N) is 1. The van der Waals surface area contributed by atoms with Gasteiger partial charge in [0.25, 0.3) is 0 Å². The number of halogens is 1. The molecule has 0 bridgehead atoms. The summed E-state index contributed by atoms with van der Waals surface area (Å²) in [6.07, 6.45) is 8.56. The molecule has 4 rings (SSSR count). The summed E-state index contributed by atoms with van der Waals surface area (Å²) in [6, 6.07) is 10.9. The summed E-state index contributed by atoms with van der Waals surface area (Å²) >= 11 is 11.8. The van der Waals surface area contributed by atoms with E-state index in [1.807, 2.05) is 42.5 Å². The molecular formula is C20H14ClNOS. The molecule has 24 heavy (non-hydrogen) atoms. The molecule has 0 saturated heterocycles. The topological polar surface area (TPSA) is 43.1 Å². The number of carbonyl (C=O) groups excluding carboxylic acids is 1. The van der Waals surface area contributed by atoms with Crippen molar-refractivity contribution in [2.24, 2.45) is 5.73 Å². The van der Waals surface area contributed by atoms with Crippen molar-refractivity contribution in [2.75, 3.05) is 0 Å². The van der Waals surface area contributed by atoms with Crippen LogP contribution < -0.4 is 5.73 Å². The molecule has 0 saturated carbocycles. The minimum atomic E-state index is -0.666. The van der Waals surface area contributed by atoms with Gasteiger partial charge < -0.3 is 5.73 Å². The van der Waals surface area contributed by atoms with Crippen molar-refractivity contribution < 1.29 is 4.79 Å². The Morgan fingerprint density at radius 3 is 2.67 bits per heavy atom. The highest BCUT2D eigenvalue weighted by atomic mass is 35.5. The van der Waals surface area contributed by atoms with Gasteiger partial charge in [0, 0.05) is 27.3 Å². The molecule has 1 unspecified atom stereocenters. The van der Waals surface area contributed by atoms with Gasteiger partial charge in [0.2, 0.25) is 0 Å². The second-order valence-corrected chi connectivity index (χ2v) is 6.95. The van der Waals surface area contributed by atoms with Gasteiger partial charge >= 0.3 is 0 Å². The van der Waals surface area contributed by atoms with E-state index in [4.69, 9.17) is 29.6 Å². The Morgan fingerprint density at radius 2 is 1.92 bits per heavy atom. The Hall–Kier alpha value is -2.07. The second kappa shape index (κ2) is 5.49. The molecule has 1 atom stereocenters. The number of hydrogen-bond acceptors (Lipinski definition) is 3. The van der Waals surface area contributed by atoms with Crippen molar-refractivity contribution in [1.82, 2.24) is 0 Å². The highest BCUT2D eigenvalue weighted by Crippen LogP contribution is 2.37. The zero-order valence-electron chi connectivity index (χ0n) is 12.8. The van der Waals surface area contributed by atoms with Crippen LogP contribution in [0.4, 0.5) is 0 Å². The van der Waals surface area contributed by atoms with E-state index in [1.54, 1.807) is 18.2 Å². The first-order valence-corrected chi connectivity index (χ1v) is 8.45. The molecular weight excluding hydrogens is 338 g/mol. The molecule has 2 aromatic carbocycles. The lowest BCUT2D eigenvalue weighted by Crippen LogP contribution is -2.38. The molecule has 0 fully saturated rings. The average Bonchev–Trinajstić information content (AvgIpc) is 2.59. The van der Waals surface area contributed by atoms with E-state index in [1.165, 1.54) is 0 Å². The molecule has 2 nitrogen and oxygen atoms in total. The number of hydrogen-bond donors (Lipinski definition) is 1. The SMILES string of the molecule is NC1(c2cccc3c2C(=S)c2cc(Cl)ccc2C3=O)C=CC=CC1. The summed E-state index contributed by atoms with van der Waals surface area (Å²) in [5.41, 5.74) is 9.52. The van der Waals surface area contributed by atoms with Gasteiger partial charge in [-0.25, -0.2) is 0 Å². The predicted molar refractivity (Wildman–Crippen MR) is 101 cm³/mol. The van der Waals surface area contributed by atoms with Crippen molar-refractivity contribution >= 4 is 34.5 Å². The first-order valence-electron chi connectivity index (χ1n) is 7.67. The van der Waals surface area contributed by atoms with Crippen molar-refractivity contribution in [2.45, 2.75) is 12.0 Å². The molecule has 2 N–H and O–H groups in total. The van der Waals surface area contributed by atoms with Crippen LogP contribution >= 0.6 is 23.8 Å². The van der Waals surface area contributed by atoms with Crippen molar-refractivity contribution in [3.05, 3.63) is 93.5 Å². The lowest BCUT2D eigenvalue weighted by Gasteiger charge is -2.32. The maximum absolute atomic E-state index is 12.9. The Bertz CT molecular complexity index is 960. The molecule has 0 spiro atoms. The molecule has 4 heteroatoms. The first-order chi connectivity index (χ1) is 11.5. The smallest absolute Gasteiger partial charge is 0.194 e. The van der Waals surface area contributed by atoms with Crippen molar-refractivity contribution in [3.8, 4) is 0 Å². The lowest BCUT2D eigenvalue weighted by atomic mass is 9.75. The standard InChI is InChI=1S/C20H14ClNOS/c21-12-7-8-13-15(11-12)19(24)17-14(18(13)23)5-4-6-16(17)20(22)9-2-1-3-10-20/h1-9,11H,10,22H2. The van der Waals surface area contributed by atoms with Crippen LogP contribution in [0.1, 0.15) is 39.0 Å². The van der Waals surface area contributed by atoms with Gasteiger partial charge in [-0.3, -0.25) is 4.79 Å². The first kappa shape index (κ1) is 15.5. The number of benzene rings is 2. The predicted octanol–water partition coefficient (Wildman–Crippen LogP) is 4.32. The molecule has 2 aliphatic rings. The maximum Gasteiger partial charge on any atom is 0.194 e. The number of fused-ring (bicyclic) bond motifs is 2. The lowest BCUT2D eigenvalue weighted by molar-refractivity contribution is 0.103. The van der Waals surface area contributed by atoms with Crippen LogP contribution in [0.15, 0.2) is 60.7 Å². The highest BCUT2D eigenvalue weighted by molar-refractivity contribution is 7.81. The number of ketones is 1. The third-order valence-corrected chi connectivity index (χ3v) is 5.26. The minimum absolute atomic E-state index is 0.0361. The molecule has 0 radical (unpaired) electrons. The van der Waals surface area contributed by atoms with Gasteiger partial charge in [0.15, 0.2) is 5.78 Å². The Labute approximate surface area is 150 Å². The Morgan fingerprint density at radius 1 is 1.08 bits per heavy atom. The molecule has 2 aromatic rings. The van der Waals surface area contributed by atoms with Gasteiger partial charge in [-0.05, 0) is 30.2 Å². The number of carbonyl (C=O) groups is 1. The van der Waals surface area contributed by atoms with E-state index in [9.17, 15) is 4.79 Å². The molecule has 0 aromatic heterocycles. The normalized spacial score (nSPS) is 21.6. The number of allylic oxidation sites excluding steroid dienone is 2. The van der Waals surface area contributed by atoms with Gasteiger partial charge in [0.1, 0.15) is 0 Å². The molecule has 0 amide bonds. The highest BCUT2D eigenvalue weighted by Gasteiger charge is 2.35. The van der Waals surface area contributed by atoms with E-state index >= 15 is 0 Å². The molecule has 0 aliphatic heterocycles. The van der Waals surface area contributed by atoms with Gasteiger partial charge in [-0.15, -0.1) is 0 Å². The summed E-state index contributed by atoms with van der Waals surface area (Å²) in [5.74, 6) is -0.0361. The van der Waals surface area contributed by atoms with Crippen LogP contribution in [-0.2, 0) is 5.54 Å². The summed E-state index contributed by atoms with van der Waals surface area (Å²) in [5, 5.41) is 0.563. The van der Waals surface area contributed by atoms with Crippen LogP contribution in [0, 0.1) is 0 Å². The summed E-state index contributed by atoms with van der Waals surface area (Å²) in [4.78, 5) is 13.6. The monoisotopic (exact) mass is 351 g/mol. The van der Waals surface area contributed by atoms with Crippen LogP contribution in [0.5, 0.6) is 0 Å². The molecule has 118 valence electrons. The van der Waals surface area contributed by atoms with E-state index in [0.717, 1.165) is 11.1 Å². The van der Waals surface area contributed by atoms with Crippen LogP contribution in [0.3, 0.4) is 0 Å². The zero-order chi connectivity index (χ0) is 16.9. The van der Waals surface area contributed by atoms with E-state index in [-0.39, 0.29) is 5.78 Å². The van der Waals surface area contributed by atoms with Crippen molar-refractivity contribution in [3.63, 3.8) is 0 Å². The fourth-order valence-electron chi connectivity index (χ4n) is 3.39. The number of rotatable bonds is 1. The minimum Gasteiger partial charge on any atom is -0.318 e. The fraction of sp³-hybridized carbons (Fsp3) is 0.100. The second-order valence-electron chi connectivity index (χ2n) is 6.11. The third kappa shape index (κ3) is 2.20. The molecule has 0 heterocycles. The third-order valence-electron chi connectivity index (χ3n) is 4.60. The molecule has 2 aliphatic carbocycles. The van der Waals surface area contributed by atoms with Crippen LogP contribution in [-0.4, -0.2) is 10.6 Å². The maximum atomic E-state index is 12.9. The summed E-state index contributed by atoms with van der Waals surface area (Å²) in [7, 11) is 0. The zero-order valence-corrected chi connectivity index (χ0v) is 14.3. The Kier molecular flexibility index (Phi) is 3.53. The van der Waals surface area contributed by atoms with E-state index < -0.39 is 5.54 Å². The summed E-state index contributed by atoms with van der Waals surface area (Å²) < 4.78 is 0. The van der Waals surface area contributed by atoms with Crippen molar-refractivity contribution in [1.29, 1.82) is 0 Å².